The van der Waals surface area contributed by atoms with Crippen molar-refractivity contribution in [3.63, 3.8) is 0 Å². The van der Waals surface area contributed by atoms with Crippen molar-refractivity contribution < 1.29 is 5.11 Å². The third-order valence-corrected chi connectivity index (χ3v) is 3.66. The Labute approximate surface area is 97.5 Å². The summed E-state index contributed by atoms with van der Waals surface area (Å²) in [7, 11) is 0. The molecule has 0 aliphatic rings. The molecule has 1 unspecified atom stereocenters. The number of aromatic nitrogens is 1. The lowest BCUT2D eigenvalue weighted by Crippen LogP contribution is -2.08. The Kier molecular flexibility index (Phi) is 3.57. The van der Waals surface area contributed by atoms with Crippen LogP contribution < -0.4 is 0 Å². The molecule has 2 nitrogen and oxygen atoms in total. The van der Waals surface area contributed by atoms with Crippen LogP contribution in [0.4, 0.5) is 0 Å². The predicted octanol–water partition coefficient (Wildman–Crippen LogP) is 2.83. The van der Waals surface area contributed by atoms with Crippen molar-refractivity contribution in [2.75, 3.05) is 5.88 Å². The fourth-order valence-corrected chi connectivity index (χ4v) is 2.53. The number of aliphatic hydroxyl groups excluding tert-OH is 1. The second-order valence-corrected chi connectivity index (χ2v) is 4.85. The second kappa shape index (κ2) is 4.92. The monoisotopic (exact) mass is 241 g/mol. The number of halogens is 1. The highest BCUT2D eigenvalue weighted by Crippen LogP contribution is 2.22. The molecule has 2 aromatic rings. The molecule has 0 fully saturated rings. The Hall–Kier alpha value is -0.640. The Morgan fingerprint density at radius 2 is 2.20 bits per heavy atom. The molecule has 0 amide bonds. The van der Waals surface area contributed by atoms with Gasteiger partial charge in [-0.25, -0.2) is 4.98 Å². The quantitative estimate of drug-likeness (QED) is 0.835. The molecule has 15 heavy (non-hydrogen) atoms. The molecule has 0 aliphatic heterocycles. The average Bonchev–Trinajstić information content (AvgIpc) is 2.68. The van der Waals surface area contributed by atoms with Crippen molar-refractivity contribution in [3.05, 3.63) is 29.3 Å². The predicted molar refractivity (Wildman–Crippen MR) is 64.7 cm³/mol. The molecule has 1 atom stereocenters. The minimum Gasteiger partial charge on any atom is -0.392 e. The lowest BCUT2D eigenvalue weighted by atomic mass is 10.2. The first-order chi connectivity index (χ1) is 7.29. The van der Waals surface area contributed by atoms with E-state index in [-0.39, 0.29) is 0 Å². The van der Waals surface area contributed by atoms with Crippen molar-refractivity contribution in [1.82, 2.24) is 4.98 Å². The van der Waals surface area contributed by atoms with Gasteiger partial charge in [-0.3, -0.25) is 0 Å². The number of benzene rings is 1. The molecule has 0 radical (unpaired) electrons. The molecule has 1 aromatic heterocycles. The van der Waals surface area contributed by atoms with Crippen LogP contribution in [0, 0.1) is 0 Å². The number of aryl methyl sites for hydroxylation is 1. The van der Waals surface area contributed by atoms with E-state index in [0.717, 1.165) is 16.9 Å². The Bertz CT molecular complexity index is 410. The molecular formula is C11H12ClNOS. The minimum atomic E-state index is -0.418. The molecule has 0 aliphatic carbocycles. The Morgan fingerprint density at radius 1 is 1.40 bits per heavy atom. The van der Waals surface area contributed by atoms with E-state index < -0.39 is 6.10 Å². The van der Waals surface area contributed by atoms with Crippen molar-refractivity contribution in [1.29, 1.82) is 0 Å². The number of thiazole rings is 1. The summed E-state index contributed by atoms with van der Waals surface area (Å²) in [5.41, 5.74) is 1.04. The normalized spacial score (nSPS) is 13.2. The summed E-state index contributed by atoms with van der Waals surface area (Å²) in [5, 5.41) is 10.4. The molecule has 2 rings (SSSR count). The zero-order chi connectivity index (χ0) is 10.7. The van der Waals surface area contributed by atoms with E-state index >= 15 is 0 Å². The zero-order valence-corrected chi connectivity index (χ0v) is 9.76. The first kappa shape index (κ1) is 10.9. The summed E-state index contributed by atoms with van der Waals surface area (Å²) < 4.78 is 1.20. The first-order valence-corrected chi connectivity index (χ1v) is 6.23. The Balaban J connectivity index is 2.09. The summed E-state index contributed by atoms with van der Waals surface area (Å²) in [4.78, 5) is 4.48. The molecule has 4 heteroatoms. The van der Waals surface area contributed by atoms with Gasteiger partial charge in [-0.15, -0.1) is 22.9 Å². The van der Waals surface area contributed by atoms with Gasteiger partial charge < -0.3 is 5.11 Å². The van der Waals surface area contributed by atoms with Gasteiger partial charge in [0.05, 0.1) is 21.3 Å². The molecular weight excluding hydrogens is 230 g/mol. The number of fused-ring (bicyclic) bond motifs is 1. The van der Waals surface area contributed by atoms with Crippen molar-refractivity contribution >= 4 is 33.2 Å². The van der Waals surface area contributed by atoms with Gasteiger partial charge in [0.1, 0.15) is 0 Å². The summed E-state index contributed by atoms with van der Waals surface area (Å²) >= 11 is 7.21. The number of nitrogens with zero attached hydrogens (tertiary/aromatic N) is 1. The minimum absolute atomic E-state index is 0.297. The van der Waals surface area contributed by atoms with Gasteiger partial charge >= 0.3 is 0 Å². The van der Waals surface area contributed by atoms with Gasteiger partial charge in [0.25, 0.3) is 0 Å². The summed E-state index contributed by atoms with van der Waals surface area (Å²) in [6, 6.07) is 8.07. The van der Waals surface area contributed by atoms with Gasteiger partial charge in [0, 0.05) is 12.3 Å². The number of hydrogen-bond donors (Lipinski definition) is 1. The lowest BCUT2D eigenvalue weighted by molar-refractivity contribution is 0.188. The summed E-state index contributed by atoms with van der Waals surface area (Å²) in [5.74, 6) is 0.297. The zero-order valence-electron chi connectivity index (χ0n) is 8.19. The van der Waals surface area contributed by atoms with Gasteiger partial charge in [-0.2, -0.15) is 0 Å². The largest absolute Gasteiger partial charge is 0.392 e. The van der Waals surface area contributed by atoms with Gasteiger partial charge in [0.2, 0.25) is 0 Å². The van der Waals surface area contributed by atoms with Crippen LogP contribution in [-0.2, 0) is 6.42 Å². The molecule has 80 valence electrons. The first-order valence-electron chi connectivity index (χ1n) is 4.88. The summed E-state index contributed by atoms with van der Waals surface area (Å²) in [6.07, 6.45) is 1.06. The number of para-hydroxylation sites is 1. The average molecular weight is 242 g/mol. The van der Waals surface area contributed by atoms with Crippen LogP contribution >= 0.6 is 22.9 Å². The number of rotatable bonds is 4. The molecule has 0 spiro atoms. The SMILES string of the molecule is OC(CCl)CCc1nc2ccccc2s1. The Morgan fingerprint density at radius 3 is 2.93 bits per heavy atom. The van der Waals surface area contributed by atoms with E-state index in [4.69, 9.17) is 11.6 Å². The van der Waals surface area contributed by atoms with Crippen LogP contribution in [0.5, 0.6) is 0 Å². The topological polar surface area (TPSA) is 33.1 Å². The third kappa shape index (κ3) is 2.68. The lowest BCUT2D eigenvalue weighted by Gasteiger charge is -2.02. The van der Waals surface area contributed by atoms with E-state index in [0.29, 0.717) is 12.3 Å². The van der Waals surface area contributed by atoms with E-state index in [9.17, 15) is 5.11 Å². The molecule has 1 heterocycles. The smallest absolute Gasteiger partial charge is 0.0939 e. The highest BCUT2D eigenvalue weighted by Gasteiger charge is 2.06. The van der Waals surface area contributed by atoms with Gasteiger partial charge in [-0.05, 0) is 18.6 Å². The fraction of sp³-hybridized carbons (Fsp3) is 0.364. The summed E-state index contributed by atoms with van der Waals surface area (Å²) in [6.45, 7) is 0. The number of aliphatic hydroxyl groups is 1. The van der Waals surface area contributed by atoms with Gasteiger partial charge in [-0.1, -0.05) is 12.1 Å². The maximum atomic E-state index is 9.34. The fourth-order valence-electron chi connectivity index (χ4n) is 1.39. The van der Waals surface area contributed by atoms with Crippen LogP contribution in [-0.4, -0.2) is 22.1 Å². The van der Waals surface area contributed by atoms with Gasteiger partial charge in [0.15, 0.2) is 0 Å². The number of alkyl halides is 1. The van der Waals surface area contributed by atoms with Crippen LogP contribution in [0.1, 0.15) is 11.4 Å². The van der Waals surface area contributed by atoms with Crippen LogP contribution in [0.15, 0.2) is 24.3 Å². The van der Waals surface area contributed by atoms with E-state index in [1.165, 1.54) is 4.70 Å². The molecule has 0 saturated heterocycles. The van der Waals surface area contributed by atoms with Crippen molar-refractivity contribution in [3.8, 4) is 0 Å². The molecule has 1 aromatic carbocycles. The number of hydrogen-bond acceptors (Lipinski definition) is 3. The standard InChI is InChI=1S/C11H12ClNOS/c12-7-8(14)5-6-11-13-9-3-1-2-4-10(9)15-11/h1-4,8,14H,5-7H2. The van der Waals surface area contributed by atoms with Crippen LogP contribution in [0.2, 0.25) is 0 Å². The van der Waals surface area contributed by atoms with Crippen molar-refractivity contribution in [2.45, 2.75) is 18.9 Å². The van der Waals surface area contributed by atoms with E-state index in [2.05, 4.69) is 11.1 Å². The highest BCUT2D eigenvalue weighted by molar-refractivity contribution is 7.18. The van der Waals surface area contributed by atoms with E-state index in [1.807, 2.05) is 18.2 Å². The molecule has 0 bridgehead atoms. The van der Waals surface area contributed by atoms with Crippen molar-refractivity contribution in [2.24, 2.45) is 0 Å². The second-order valence-electron chi connectivity index (χ2n) is 3.42. The third-order valence-electron chi connectivity index (χ3n) is 2.21. The highest BCUT2D eigenvalue weighted by atomic mass is 35.5. The molecule has 0 saturated carbocycles. The maximum Gasteiger partial charge on any atom is 0.0939 e. The van der Waals surface area contributed by atoms with Crippen LogP contribution in [0.3, 0.4) is 0 Å². The van der Waals surface area contributed by atoms with Crippen LogP contribution in [0.25, 0.3) is 10.2 Å². The van der Waals surface area contributed by atoms with E-state index in [1.54, 1.807) is 11.3 Å². The molecule has 1 N–H and O–H groups in total. The maximum absolute atomic E-state index is 9.34.